The molecule has 0 atom stereocenters. The predicted molar refractivity (Wildman–Crippen MR) is 192 cm³/mol. The van der Waals surface area contributed by atoms with Gasteiger partial charge in [0.25, 0.3) is 0 Å². The Kier molecular flexibility index (Phi) is 20.6. The average Bonchev–Trinajstić information content (AvgIpc) is 3.55. The number of aromatic nitrogens is 4. The SMILES string of the molecule is CC(=O)n1c(P(C(C)C)C(C)C)nc2ccccc21.CC(=O)n1cnc2ccccc21.CC(C)P(Cl)C(C)C.[CH2-]CCC.[Li+]. The summed E-state index contributed by atoms with van der Waals surface area (Å²) >= 11 is 6.02. The fourth-order valence-electron chi connectivity index (χ4n) is 4.36. The Morgan fingerprint density at radius 1 is 0.795 bits per heavy atom. The third kappa shape index (κ3) is 12.7. The van der Waals surface area contributed by atoms with E-state index in [1.165, 1.54) is 17.9 Å². The molecule has 0 saturated heterocycles. The molecule has 238 valence electrons. The Bertz CT molecular complexity index is 1400. The molecule has 0 radical (unpaired) electrons. The molecule has 0 fully saturated rings. The van der Waals surface area contributed by atoms with Gasteiger partial charge in [-0.2, -0.15) is 6.42 Å². The second-order valence-corrected chi connectivity index (χ2v) is 18.6. The summed E-state index contributed by atoms with van der Waals surface area (Å²) < 4.78 is 3.34. The van der Waals surface area contributed by atoms with Gasteiger partial charge in [-0.25, -0.2) is 9.97 Å². The Balaban J connectivity index is 0.000000635. The first-order valence-corrected chi connectivity index (χ1v) is 19.0. The van der Waals surface area contributed by atoms with Gasteiger partial charge in [-0.15, -0.1) is 0 Å². The van der Waals surface area contributed by atoms with E-state index in [-0.39, 0.29) is 37.9 Å². The van der Waals surface area contributed by atoms with E-state index >= 15 is 0 Å². The number of nitrogens with zero attached hydrogens (tertiary/aromatic N) is 4. The maximum absolute atomic E-state index is 12.0. The van der Waals surface area contributed by atoms with Gasteiger partial charge in [-0.05, 0) is 62.1 Å². The Hall–Kier alpha value is -1.53. The minimum absolute atomic E-state index is 0. The number of halogens is 1. The number of carbonyl (C=O) groups excluding carboxylic acids is 2. The van der Waals surface area contributed by atoms with Gasteiger partial charge in [0, 0.05) is 13.8 Å². The molecule has 2 heterocycles. The minimum atomic E-state index is -0.443. The number of benzene rings is 2. The van der Waals surface area contributed by atoms with Crippen molar-refractivity contribution in [2.75, 3.05) is 0 Å². The zero-order chi connectivity index (χ0) is 32.9. The topological polar surface area (TPSA) is 69.8 Å². The van der Waals surface area contributed by atoms with Gasteiger partial charge in [0.05, 0.1) is 22.1 Å². The second-order valence-electron chi connectivity index (χ2n) is 11.4. The Labute approximate surface area is 285 Å². The van der Waals surface area contributed by atoms with Crippen molar-refractivity contribution in [3.63, 3.8) is 0 Å². The number of fused-ring (bicyclic) bond motifs is 2. The zero-order valence-electron chi connectivity index (χ0n) is 29.0. The van der Waals surface area contributed by atoms with Crippen LogP contribution in [0.5, 0.6) is 0 Å². The molecule has 2 aromatic carbocycles. The first kappa shape index (κ1) is 42.5. The maximum Gasteiger partial charge on any atom is 1.00 e. The molecule has 0 N–H and O–H groups in total. The van der Waals surface area contributed by atoms with E-state index in [1.807, 2.05) is 48.5 Å². The predicted octanol–water partition coefficient (Wildman–Crippen LogP) is 7.38. The van der Waals surface area contributed by atoms with Gasteiger partial charge < -0.3 is 6.92 Å². The average molecular weight is 653 g/mol. The minimum Gasteiger partial charge on any atom is -0.343 e. The summed E-state index contributed by atoms with van der Waals surface area (Å²) in [6.45, 7) is 26.4. The second kappa shape index (κ2) is 21.3. The van der Waals surface area contributed by atoms with Crippen LogP contribution in [-0.4, -0.2) is 53.6 Å². The molecule has 4 aromatic rings. The monoisotopic (exact) mass is 652 g/mol. The van der Waals surface area contributed by atoms with Crippen LogP contribution < -0.4 is 24.4 Å². The van der Waals surface area contributed by atoms with Gasteiger partial charge in [0.2, 0.25) is 11.8 Å². The summed E-state index contributed by atoms with van der Waals surface area (Å²) in [5.74, 6) is 0.0428. The van der Waals surface area contributed by atoms with E-state index in [0.717, 1.165) is 34.1 Å². The zero-order valence-corrected chi connectivity index (χ0v) is 31.5. The molecule has 10 heteroatoms. The van der Waals surface area contributed by atoms with Crippen LogP contribution in [0.1, 0.15) is 98.6 Å². The summed E-state index contributed by atoms with van der Waals surface area (Å²) in [4.78, 5) is 31.9. The molecule has 6 nitrogen and oxygen atoms in total. The van der Waals surface area contributed by atoms with Gasteiger partial charge in [-0.3, -0.25) is 18.7 Å². The fourth-order valence-corrected chi connectivity index (χ4v) is 8.37. The number of para-hydroxylation sites is 4. The molecule has 0 bridgehead atoms. The van der Waals surface area contributed by atoms with Crippen LogP contribution in [0.15, 0.2) is 54.9 Å². The molecular weight excluding hydrogens is 601 g/mol. The van der Waals surface area contributed by atoms with Crippen molar-refractivity contribution in [3.8, 4) is 0 Å². The van der Waals surface area contributed by atoms with Crippen LogP contribution >= 0.6 is 26.4 Å². The molecule has 0 amide bonds. The van der Waals surface area contributed by atoms with Crippen molar-refractivity contribution in [1.29, 1.82) is 0 Å². The summed E-state index contributed by atoms with van der Waals surface area (Å²) in [5.41, 5.74) is 6.92. The summed E-state index contributed by atoms with van der Waals surface area (Å²) in [7, 11) is -0.669. The summed E-state index contributed by atoms with van der Waals surface area (Å²) in [5, 5.41) is 0. The first-order chi connectivity index (χ1) is 20.2. The van der Waals surface area contributed by atoms with E-state index < -0.39 is 7.92 Å². The Morgan fingerprint density at radius 2 is 1.25 bits per heavy atom. The van der Waals surface area contributed by atoms with E-state index in [1.54, 1.807) is 17.8 Å². The molecule has 0 unspecified atom stereocenters. The normalized spacial score (nSPS) is 10.9. The molecular formula is C34H52ClLiN4O2P2. The molecule has 0 aliphatic rings. The van der Waals surface area contributed by atoms with Crippen LogP contribution in [-0.2, 0) is 0 Å². The molecule has 44 heavy (non-hydrogen) atoms. The number of carbonyl (C=O) groups is 2. The van der Waals surface area contributed by atoms with Crippen LogP contribution in [0.2, 0.25) is 0 Å². The molecule has 2 aromatic heterocycles. The number of hydrogen-bond donors (Lipinski definition) is 0. The van der Waals surface area contributed by atoms with Gasteiger partial charge in [-0.1, -0.05) is 104 Å². The van der Waals surface area contributed by atoms with Crippen molar-refractivity contribution in [3.05, 3.63) is 61.8 Å². The van der Waals surface area contributed by atoms with E-state index in [9.17, 15) is 9.59 Å². The van der Waals surface area contributed by atoms with Gasteiger partial charge in [0.1, 0.15) is 11.9 Å². The number of hydrogen-bond acceptors (Lipinski definition) is 4. The molecule has 4 rings (SSSR count). The third-order valence-electron chi connectivity index (χ3n) is 6.33. The van der Waals surface area contributed by atoms with Crippen molar-refractivity contribution in [1.82, 2.24) is 19.1 Å². The maximum atomic E-state index is 12.0. The number of rotatable bonds is 6. The third-order valence-corrected chi connectivity index (χ3v) is 13.6. The Morgan fingerprint density at radius 3 is 1.64 bits per heavy atom. The largest absolute Gasteiger partial charge is 1.00 e. The summed E-state index contributed by atoms with van der Waals surface area (Å²) in [6, 6.07) is 15.4. The quantitative estimate of drug-likeness (QED) is 0.124. The van der Waals surface area contributed by atoms with Crippen molar-refractivity contribution >= 4 is 65.9 Å². The molecule has 0 saturated carbocycles. The van der Waals surface area contributed by atoms with E-state index in [0.29, 0.717) is 22.6 Å². The summed E-state index contributed by atoms with van der Waals surface area (Å²) in [6.07, 6.45) is 3.83. The van der Waals surface area contributed by atoms with Crippen LogP contribution in [0.4, 0.5) is 0 Å². The van der Waals surface area contributed by atoms with Crippen molar-refractivity contribution < 1.29 is 28.4 Å². The first-order valence-electron chi connectivity index (χ1n) is 15.1. The molecule has 0 spiro atoms. The van der Waals surface area contributed by atoms with Crippen LogP contribution in [0, 0.1) is 6.92 Å². The smallest absolute Gasteiger partial charge is 0.343 e. The van der Waals surface area contributed by atoms with Crippen LogP contribution in [0.25, 0.3) is 22.1 Å². The van der Waals surface area contributed by atoms with Crippen molar-refractivity contribution in [2.24, 2.45) is 0 Å². The van der Waals surface area contributed by atoms with E-state index in [4.69, 9.17) is 16.2 Å². The number of imidazole rings is 2. The standard InChI is InChI=1S/C15H21N2OP.C9H8N2O.C6H14ClP.C4H9.Li/c1-10(2)19(11(3)4)15-16-13-8-6-7-9-14(13)17(15)12(5)18;1-7(12)11-6-10-8-4-2-3-5-9(8)11;1-5(2)8(7)6(3)4;1-3-4-2;/h6-11H,1-5H3;2-6H,1H3;5-6H,1-4H3;1,3-4H2,2H3;/q;;;-1;+1. The van der Waals surface area contributed by atoms with Crippen molar-refractivity contribution in [2.45, 2.75) is 112 Å². The van der Waals surface area contributed by atoms with Gasteiger partial charge >= 0.3 is 18.9 Å². The molecule has 0 aliphatic carbocycles. The number of unbranched alkanes of at least 4 members (excludes halogenated alkanes) is 1. The van der Waals surface area contributed by atoms with Crippen LogP contribution in [0.3, 0.4) is 0 Å². The fraction of sp³-hybridized carbons (Fsp3) is 0.500. The molecule has 0 aliphatic heterocycles. The van der Waals surface area contributed by atoms with Gasteiger partial charge in [0.15, 0.2) is 0 Å². The van der Waals surface area contributed by atoms with E-state index in [2.05, 4.69) is 74.2 Å².